The first-order valence-corrected chi connectivity index (χ1v) is 5.65. The van der Waals surface area contributed by atoms with E-state index in [1.54, 1.807) is 7.11 Å². The molecule has 0 aliphatic carbocycles. The quantitative estimate of drug-likeness (QED) is 0.648. The lowest BCUT2D eigenvalue weighted by molar-refractivity contribution is 0.0948. The van der Waals surface area contributed by atoms with Crippen LogP contribution in [0.2, 0.25) is 0 Å². The molecule has 4 nitrogen and oxygen atoms in total. The van der Waals surface area contributed by atoms with E-state index in [9.17, 15) is 0 Å². The van der Waals surface area contributed by atoms with Crippen molar-refractivity contribution >= 4 is 5.69 Å². The normalized spacial score (nSPS) is 10.1. The molecule has 0 fully saturated rings. The SMILES string of the molecule is COc1ccc(CON(N)c2ccccc2)cc1. The molecule has 2 aromatic rings. The first-order valence-electron chi connectivity index (χ1n) is 5.65. The lowest BCUT2D eigenvalue weighted by Crippen LogP contribution is -2.30. The van der Waals surface area contributed by atoms with Crippen molar-refractivity contribution in [3.8, 4) is 5.75 Å². The summed E-state index contributed by atoms with van der Waals surface area (Å²) in [6, 6.07) is 17.2. The zero-order chi connectivity index (χ0) is 12.8. The minimum atomic E-state index is 0.412. The van der Waals surface area contributed by atoms with Gasteiger partial charge in [0.15, 0.2) is 0 Å². The molecule has 2 aromatic carbocycles. The Kier molecular flexibility index (Phi) is 4.17. The van der Waals surface area contributed by atoms with E-state index in [0.717, 1.165) is 17.0 Å². The Morgan fingerprint density at radius 3 is 2.28 bits per heavy atom. The molecule has 4 heteroatoms. The van der Waals surface area contributed by atoms with Crippen LogP contribution in [-0.4, -0.2) is 7.11 Å². The minimum Gasteiger partial charge on any atom is -0.497 e. The monoisotopic (exact) mass is 244 g/mol. The largest absolute Gasteiger partial charge is 0.497 e. The molecule has 0 atom stereocenters. The molecule has 2 rings (SSSR count). The van der Waals surface area contributed by atoms with Crippen molar-refractivity contribution in [1.29, 1.82) is 0 Å². The molecule has 0 amide bonds. The molecule has 94 valence electrons. The lowest BCUT2D eigenvalue weighted by atomic mass is 10.2. The van der Waals surface area contributed by atoms with E-state index in [-0.39, 0.29) is 0 Å². The second-order valence-corrected chi connectivity index (χ2v) is 3.78. The zero-order valence-corrected chi connectivity index (χ0v) is 10.2. The van der Waals surface area contributed by atoms with E-state index in [4.69, 9.17) is 15.4 Å². The molecule has 0 saturated carbocycles. The van der Waals surface area contributed by atoms with Gasteiger partial charge in [0.25, 0.3) is 0 Å². The highest BCUT2D eigenvalue weighted by Gasteiger charge is 2.01. The third-order valence-electron chi connectivity index (χ3n) is 2.54. The smallest absolute Gasteiger partial charge is 0.118 e. The van der Waals surface area contributed by atoms with E-state index in [0.29, 0.717) is 6.61 Å². The number of nitrogens with zero attached hydrogens (tertiary/aromatic N) is 1. The first-order chi connectivity index (χ1) is 8.79. The second-order valence-electron chi connectivity index (χ2n) is 3.78. The molecule has 0 saturated heterocycles. The van der Waals surface area contributed by atoms with Crippen molar-refractivity contribution in [2.24, 2.45) is 5.84 Å². The first kappa shape index (κ1) is 12.4. The fraction of sp³-hybridized carbons (Fsp3) is 0.143. The molecule has 0 aliphatic heterocycles. The maximum absolute atomic E-state index is 5.79. The van der Waals surface area contributed by atoms with Crippen molar-refractivity contribution in [1.82, 2.24) is 0 Å². The van der Waals surface area contributed by atoms with Gasteiger partial charge in [0.1, 0.15) is 12.4 Å². The molecule has 0 heterocycles. The highest BCUT2D eigenvalue weighted by molar-refractivity contribution is 5.41. The maximum Gasteiger partial charge on any atom is 0.118 e. The molecule has 0 unspecified atom stereocenters. The van der Waals surface area contributed by atoms with Crippen LogP contribution in [0.5, 0.6) is 5.75 Å². The van der Waals surface area contributed by atoms with Gasteiger partial charge in [-0.2, -0.15) is 5.17 Å². The number of methoxy groups -OCH3 is 1. The van der Waals surface area contributed by atoms with Gasteiger partial charge in [0.05, 0.1) is 12.8 Å². The summed E-state index contributed by atoms with van der Waals surface area (Å²) in [5, 5.41) is 1.27. The molecular weight excluding hydrogens is 228 g/mol. The fourth-order valence-corrected chi connectivity index (χ4v) is 1.52. The number of hydrogen-bond acceptors (Lipinski definition) is 4. The molecule has 0 aromatic heterocycles. The maximum atomic E-state index is 5.79. The summed E-state index contributed by atoms with van der Waals surface area (Å²) in [5.41, 5.74) is 1.84. The molecule has 18 heavy (non-hydrogen) atoms. The average molecular weight is 244 g/mol. The van der Waals surface area contributed by atoms with E-state index < -0.39 is 0 Å². The van der Waals surface area contributed by atoms with Gasteiger partial charge in [-0.15, -0.1) is 0 Å². The van der Waals surface area contributed by atoms with Gasteiger partial charge in [-0.05, 0) is 29.8 Å². The lowest BCUT2D eigenvalue weighted by Gasteiger charge is -2.17. The average Bonchev–Trinajstić information content (AvgIpc) is 2.46. The highest BCUT2D eigenvalue weighted by atomic mass is 16.7. The summed E-state index contributed by atoms with van der Waals surface area (Å²) in [7, 11) is 1.64. The summed E-state index contributed by atoms with van der Waals surface area (Å²) in [5.74, 6) is 6.61. The zero-order valence-electron chi connectivity index (χ0n) is 10.2. The van der Waals surface area contributed by atoms with Crippen molar-refractivity contribution < 1.29 is 9.57 Å². The summed E-state index contributed by atoms with van der Waals surface area (Å²) >= 11 is 0. The number of hydrazine groups is 1. The van der Waals surface area contributed by atoms with Crippen LogP contribution < -0.4 is 15.8 Å². The molecule has 0 bridgehead atoms. The summed E-state index contributed by atoms with van der Waals surface area (Å²) < 4.78 is 5.09. The van der Waals surface area contributed by atoms with Crippen molar-refractivity contribution in [2.75, 3.05) is 12.3 Å². The van der Waals surface area contributed by atoms with Gasteiger partial charge in [0, 0.05) is 0 Å². The number of nitrogens with two attached hydrogens (primary N) is 1. The van der Waals surface area contributed by atoms with Crippen molar-refractivity contribution in [2.45, 2.75) is 6.61 Å². The molecule has 0 aliphatic rings. The summed E-state index contributed by atoms with van der Waals surface area (Å²) in [6.45, 7) is 0.412. The number of hydrogen-bond donors (Lipinski definition) is 1. The van der Waals surface area contributed by atoms with Crippen LogP contribution in [0, 0.1) is 0 Å². The predicted molar refractivity (Wildman–Crippen MR) is 70.9 cm³/mol. The summed E-state index contributed by atoms with van der Waals surface area (Å²) in [6.07, 6.45) is 0. The van der Waals surface area contributed by atoms with Crippen molar-refractivity contribution in [3.05, 3.63) is 60.2 Å². The Morgan fingerprint density at radius 2 is 1.67 bits per heavy atom. The van der Waals surface area contributed by atoms with E-state index in [1.807, 2.05) is 54.6 Å². The Bertz CT molecular complexity index is 471. The topological polar surface area (TPSA) is 47.7 Å². The van der Waals surface area contributed by atoms with Gasteiger partial charge in [-0.1, -0.05) is 30.3 Å². The number of rotatable bonds is 5. The van der Waals surface area contributed by atoms with Crippen LogP contribution in [0.1, 0.15) is 5.56 Å². The standard InChI is InChI=1S/C14H16N2O2/c1-17-14-9-7-12(8-10-14)11-18-16(15)13-5-3-2-4-6-13/h2-10H,11,15H2,1H3. The van der Waals surface area contributed by atoms with Crippen LogP contribution >= 0.6 is 0 Å². The Labute approximate surface area is 106 Å². The Hall–Kier alpha value is -2.04. The molecule has 0 radical (unpaired) electrons. The van der Waals surface area contributed by atoms with Gasteiger partial charge >= 0.3 is 0 Å². The van der Waals surface area contributed by atoms with Gasteiger partial charge in [-0.3, -0.25) is 4.84 Å². The van der Waals surface area contributed by atoms with Crippen LogP contribution in [0.4, 0.5) is 5.69 Å². The number of anilines is 1. The third kappa shape index (κ3) is 3.23. The summed E-state index contributed by atoms with van der Waals surface area (Å²) in [4.78, 5) is 5.46. The molecule has 0 spiro atoms. The third-order valence-corrected chi connectivity index (χ3v) is 2.54. The Morgan fingerprint density at radius 1 is 1.00 bits per heavy atom. The number of benzene rings is 2. The second kappa shape index (κ2) is 6.05. The van der Waals surface area contributed by atoms with Gasteiger partial charge in [-0.25, -0.2) is 5.84 Å². The van der Waals surface area contributed by atoms with Crippen LogP contribution in [0.25, 0.3) is 0 Å². The Balaban J connectivity index is 1.91. The van der Waals surface area contributed by atoms with Crippen LogP contribution in [0.15, 0.2) is 54.6 Å². The number of ether oxygens (including phenoxy) is 1. The number of para-hydroxylation sites is 1. The van der Waals surface area contributed by atoms with E-state index in [1.165, 1.54) is 5.17 Å². The minimum absolute atomic E-state index is 0.412. The highest BCUT2D eigenvalue weighted by Crippen LogP contribution is 2.14. The van der Waals surface area contributed by atoms with Gasteiger partial charge < -0.3 is 4.74 Å². The predicted octanol–water partition coefficient (Wildman–Crippen LogP) is 2.51. The van der Waals surface area contributed by atoms with E-state index >= 15 is 0 Å². The van der Waals surface area contributed by atoms with Crippen LogP contribution in [-0.2, 0) is 11.4 Å². The fourth-order valence-electron chi connectivity index (χ4n) is 1.52. The van der Waals surface area contributed by atoms with Crippen molar-refractivity contribution in [3.63, 3.8) is 0 Å². The molecule has 2 N–H and O–H groups in total. The van der Waals surface area contributed by atoms with Crippen LogP contribution in [0.3, 0.4) is 0 Å². The molecular formula is C14H16N2O2. The van der Waals surface area contributed by atoms with Gasteiger partial charge in [0.2, 0.25) is 0 Å². The van der Waals surface area contributed by atoms with E-state index in [2.05, 4.69) is 0 Å².